The molecular formula is C13H25N3O4. The van der Waals surface area contributed by atoms with Gasteiger partial charge in [0.2, 0.25) is 11.8 Å². The van der Waals surface area contributed by atoms with Gasteiger partial charge in [-0.1, -0.05) is 13.8 Å². The van der Waals surface area contributed by atoms with Crippen LogP contribution in [-0.4, -0.2) is 62.5 Å². The first kappa shape index (κ1) is 18.4. The molecule has 0 aromatic heterocycles. The van der Waals surface area contributed by atoms with E-state index in [1.807, 2.05) is 13.8 Å². The fourth-order valence-electron chi connectivity index (χ4n) is 1.56. The third-order valence-corrected chi connectivity index (χ3v) is 2.48. The smallest absolute Gasteiger partial charge is 0.329 e. The lowest BCUT2D eigenvalue weighted by Gasteiger charge is -2.22. The number of hydrogen-bond acceptors (Lipinski definition) is 5. The molecule has 0 aliphatic rings. The first-order valence-corrected chi connectivity index (χ1v) is 6.56. The Morgan fingerprint density at radius 2 is 1.85 bits per heavy atom. The summed E-state index contributed by atoms with van der Waals surface area (Å²) in [7, 11) is 2.96. The summed E-state index contributed by atoms with van der Waals surface area (Å²) in [5.41, 5.74) is 0. The fraction of sp³-hybridized carbons (Fsp3) is 0.769. The van der Waals surface area contributed by atoms with E-state index in [1.165, 1.54) is 14.0 Å². The first-order valence-electron chi connectivity index (χ1n) is 6.56. The van der Waals surface area contributed by atoms with Gasteiger partial charge in [0, 0.05) is 20.0 Å². The van der Waals surface area contributed by atoms with Crippen molar-refractivity contribution in [3.63, 3.8) is 0 Å². The van der Waals surface area contributed by atoms with Crippen LogP contribution in [0.25, 0.3) is 0 Å². The number of ether oxygens (including phenoxy) is 1. The van der Waals surface area contributed by atoms with E-state index < -0.39 is 12.0 Å². The molecule has 1 unspecified atom stereocenters. The number of hydrogen-bond donors (Lipinski definition) is 2. The second-order valence-corrected chi connectivity index (χ2v) is 5.17. The summed E-state index contributed by atoms with van der Waals surface area (Å²) < 4.78 is 4.62. The Kier molecular flexibility index (Phi) is 8.54. The number of carbonyl (C=O) groups is 3. The van der Waals surface area contributed by atoms with Crippen molar-refractivity contribution in [1.29, 1.82) is 0 Å². The Balaban J connectivity index is 4.30. The van der Waals surface area contributed by atoms with Gasteiger partial charge in [0.15, 0.2) is 0 Å². The van der Waals surface area contributed by atoms with Crippen molar-refractivity contribution in [3.8, 4) is 0 Å². The Morgan fingerprint density at radius 3 is 2.30 bits per heavy atom. The van der Waals surface area contributed by atoms with Crippen LogP contribution in [-0.2, 0) is 19.1 Å². The van der Waals surface area contributed by atoms with E-state index in [0.29, 0.717) is 12.5 Å². The minimum absolute atomic E-state index is 0.118. The van der Waals surface area contributed by atoms with Gasteiger partial charge < -0.3 is 15.4 Å². The van der Waals surface area contributed by atoms with Crippen molar-refractivity contribution in [2.24, 2.45) is 5.92 Å². The normalized spacial score (nSPS) is 12.2. The van der Waals surface area contributed by atoms with Crippen molar-refractivity contribution in [2.45, 2.75) is 26.8 Å². The maximum Gasteiger partial charge on any atom is 0.329 e. The first-order chi connectivity index (χ1) is 9.26. The molecule has 7 heteroatoms. The molecule has 2 N–H and O–H groups in total. The van der Waals surface area contributed by atoms with Crippen molar-refractivity contribution in [3.05, 3.63) is 0 Å². The minimum atomic E-state index is -0.777. The molecule has 7 nitrogen and oxygen atoms in total. The highest BCUT2D eigenvalue weighted by Gasteiger charge is 2.22. The number of esters is 1. The van der Waals surface area contributed by atoms with Crippen LogP contribution >= 0.6 is 0 Å². The maximum absolute atomic E-state index is 11.6. The Labute approximate surface area is 120 Å². The molecule has 0 aromatic rings. The molecule has 0 aliphatic carbocycles. The van der Waals surface area contributed by atoms with E-state index in [2.05, 4.69) is 15.4 Å². The monoisotopic (exact) mass is 287 g/mol. The molecule has 0 rings (SSSR count). The van der Waals surface area contributed by atoms with Gasteiger partial charge in [0.1, 0.15) is 6.04 Å². The fourth-order valence-corrected chi connectivity index (χ4v) is 1.56. The quantitative estimate of drug-likeness (QED) is 0.580. The molecular weight excluding hydrogens is 262 g/mol. The lowest BCUT2D eigenvalue weighted by molar-refractivity contribution is -0.145. The zero-order valence-electron chi connectivity index (χ0n) is 12.9. The second-order valence-electron chi connectivity index (χ2n) is 5.17. The van der Waals surface area contributed by atoms with Crippen LogP contribution < -0.4 is 10.6 Å². The van der Waals surface area contributed by atoms with E-state index in [-0.39, 0.29) is 24.9 Å². The van der Waals surface area contributed by atoms with E-state index in [0.717, 1.165) is 0 Å². The largest absolute Gasteiger partial charge is 0.467 e. The molecule has 116 valence electrons. The van der Waals surface area contributed by atoms with Gasteiger partial charge in [-0.15, -0.1) is 0 Å². The average molecular weight is 287 g/mol. The van der Waals surface area contributed by atoms with Gasteiger partial charge >= 0.3 is 5.97 Å². The van der Waals surface area contributed by atoms with Crippen molar-refractivity contribution in [2.75, 3.05) is 33.8 Å². The summed E-state index contributed by atoms with van der Waals surface area (Å²) in [6.07, 6.45) is 0. The molecule has 0 bridgehead atoms. The summed E-state index contributed by atoms with van der Waals surface area (Å²) in [6.45, 7) is 6.31. The third-order valence-electron chi connectivity index (χ3n) is 2.48. The highest BCUT2D eigenvalue weighted by atomic mass is 16.5. The van der Waals surface area contributed by atoms with E-state index in [4.69, 9.17) is 0 Å². The van der Waals surface area contributed by atoms with Crippen LogP contribution in [0.5, 0.6) is 0 Å². The van der Waals surface area contributed by atoms with Gasteiger partial charge in [0.25, 0.3) is 0 Å². The molecule has 0 saturated heterocycles. The van der Waals surface area contributed by atoms with Crippen LogP contribution in [0, 0.1) is 5.92 Å². The van der Waals surface area contributed by atoms with Crippen LogP contribution in [0.15, 0.2) is 0 Å². The van der Waals surface area contributed by atoms with Gasteiger partial charge in [-0.3, -0.25) is 14.5 Å². The average Bonchev–Trinajstić information content (AvgIpc) is 2.33. The maximum atomic E-state index is 11.6. The van der Waals surface area contributed by atoms with Crippen molar-refractivity contribution < 1.29 is 19.1 Å². The summed E-state index contributed by atoms with van der Waals surface area (Å²) in [5.74, 6) is -0.591. The van der Waals surface area contributed by atoms with E-state index in [9.17, 15) is 14.4 Å². The van der Waals surface area contributed by atoms with Gasteiger partial charge in [-0.25, -0.2) is 4.79 Å². The van der Waals surface area contributed by atoms with Gasteiger partial charge in [-0.2, -0.15) is 0 Å². The molecule has 0 aromatic carbocycles. The zero-order chi connectivity index (χ0) is 15.7. The molecule has 0 radical (unpaired) electrons. The number of likely N-dealkylation sites (N-methyl/N-ethyl adjacent to an activating group) is 1. The number of rotatable bonds is 8. The third kappa shape index (κ3) is 8.47. The molecule has 0 fully saturated rings. The minimum Gasteiger partial charge on any atom is -0.467 e. The standard InChI is InChI=1S/C13H25N3O4/c1-9(2)6-14-12(18)8-16(4)7-11(13(19)20-5)15-10(3)17/h9,11H,6-8H2,1-5H3,(H,14,18)(H,15,17). The molecule has 2 amide bonds. The van der Waals surface area contributed by atoms with Crippen LogP contribution in [0.4, 0.5) is 0 Å². The summed E-state index contributed by atoms with van der Waals surface area (Å²) >= 11 is 0. The lowest BCUT2D eigenvalue weighted by atomic mass is 10.2. The Morgan fingerprint density at radius 1 is 1.25 bits per heavy atom. The molecule has 0 aliphatic heterocycles. The van der Waals surface area contributed by atoms with Crippen molar-refractivity contribution in [1.82, 2.24) is 15.5 Å². The molecule has 1 atom stereocenters. The number of amides is 2. The van der Waals surface area contributed by atoms with Crippen LogP contribution in [0.3, 0.4) is 0 Å². The predicted octanol–water partition coefficient (Wildman–Crippen LogP) is -0.632. The lowest BCUT2D eigenvalue weighted by Crippen LogP contribution is -2.49. The van der Waals surface area contributed by atoms with Crippen LogP contribution in [0.2, 0.25) is 0 Å². The SMILES string of the molecule is COC(=O)C(CN(C)CC(=O)NCC(C)C)NC(C)=O. The summed E-state index contributed by atoms with van der Waals surface area (Å²) in [5, 5.41) is 5.28. The molecule has 20 heavy (non-hydrogen) atoms. The number of carbonyl (C=O) groups excluding carboxylic acids is 3. The molecule has 0 heterocycles. The Hall–Kier alpha value is -1.63. The topological polar surface area (TPSA) is 87.7 Å². The summed E-state index contributed by atoms with van der Waals surface area (Å²) in [4.78, 5) is 35.9. The second kappa shape index (κ2) is 9.30. The molecule has 0 spiro atoms. The van der Waals surface area contributed by atoms with Crippen LogP contribution in [0.1, 0.15) is 20.8 Å². The van der Waals surface area contributed by atoms with E-state index >= 15 is 0 Å². The highest BCUT2D eigenvalue weighted by Crippen LogP contribution is 1.94. The van der Waals surface area contributed by atoms with Gasteiger partial charge in [-0.05, 0) is 13.0 Å². The summed E-state index contributed by atoms with van der Waals surface area (Å²) in [6, 6.07) is -0.777. The zero-order valence-corrected chi connectivity index (χ0v) is 12.9. The van der Waals surface area contributed by atoms with Gasteiger partial charge in [0.05, 0.1) is 13.7 Å². The number of nitrogens with zero attached hydrogens (tertiary/aromatic N) is 1. The molecule has 0 saturated carbocycles. The van der Waals surface area contributed by atoms with E-state index in [1.54, 1.807) is 11.9 Å². The number of nitrogens with one attached hydrogen (secondary N) is 2. The highest BCUT2D eigenvalue weighted by molar-refractivity contribution is 5.83. The Bertz CT molecular complexity index is 345. The predicted molar refractivity (Wildman–Crippen MR) is 75.0 cm³/mol. The number of methoxy groups -OCH3 is 1. The van der Waals surface area contributed by atoms with Crippen molar-refractivity contribution >= 4 is 17.8 Å².